The molecule has 0 radical (unpaired) electrons. The van der Waals surface area contributed by atoms with E-state index in [1.165, 1.54) is 0 Å². The molecule has 1 N–H and O–H groups in total. The molecule has 0 aromatic heterocycles. The minimum atomic E-state index is -3.82. The van der Waals surface area contributed by atoms with Gasteiger partial charge in [-0.2, -0.15) is 10.3 Å². The highest BCUT2D eigenvalue weighted by atomic mass is 31.2. The monoisotopic (exact) mass is 686 g/mol. The SMILES string of the molecule is [C-]#[N+]CCOCP(=O)(OCC[N+]#[C-])OC1CCC2(CC1)CC(C(C)C)CC1(CCC(OP(=O)(OCCC)OCCC#N)CC1)N2O. The lowest BCUT2D eigenvalue weighted by atomic mass is 9.61. The van der Waals surface area contributed by atoms with Gasteiger partial charge in [0, 0.05) is 11.1 Å². The van der Waals surface area contributed by atoms with Gasteiger partial charge in [0.1, 0.15) is 19.6 Å². The average Bonchev–Trinajstić information content (AvgIpc) is 3.03. The van der Waals surface area contributed by atoms with Gasteiger partial charge in [-0.15, -0.1) is 0 Å². The summed E-state index contributed by atoms with van der Waals surface area (Å²) < 4.78 is 60.7. The number of piperidine rings is 1. The smallest absolute Gasteiger partial charge is 0.361 e. The summed E-state index contributed by atoms with van der Waals surface area (Å²) >= 11 is 0. The van der Waals surface area contributed by atoms with E-state index in [0.717, 1.165) is 12.8 Å². The van der Waals surface area contributed by atoms with E-state index in [1.54, 1.807) is 5.06 Å². The molecule has 2 aliphatic carbocycles. The van der Waals surface area contributed by atoms with Crippen LogP contribution in [0.4, 0.5) is 0 Å². The van der Waals surface area contributed by atoms with Gasteiger partial charge >= 0.3 is 15.4 Å². The Morgan fingerprint density at radius 1 is 0.891 bits per heavy atom. The molecule has 2 saturated carbocycles. The minimum absolute atomic E-state index is 0.0243. The van der Waals surface area contributed by atoms with Crippen LogP contribution >= 0.6 is 15.4 Å². The normalized spacial score (nSPS) is 31.1. The number of phosphoric acid groups is 1. The van der Waals surface area contributed by atoms with Crippen LogP contribution in [0.1, 0.15) is 97.8 Å². The van der Waals surface area contributed by atoms with Crippen molar-refractivity contribution in [1.29, 1.82) is 5.26 Å². The van der Waals surface area contributed by atoms with Crippen LogP contribution in [0, 0.1) is 36.3 Å². The van der Waals surface area contributed by atoms with Crippen molar-refractivity contribution >= 4 is 15.4 Å². The Bertz CT molecular complexity index is 1170. The lowest BCUT2D eigenvalue weighted by Crippen LogP contribution is -2.66. The van der Waals surface area contributed by atoms with Gasteiger partial charge < -0.3 is 24.2 Å². The molecule has 0 aromatic carbocycles. The Hall–Kier alpha value is -1.39. The number of hydrogen-bond acceptors (Lipinski definition) is 11. The van der Waals surface area contributed by atoms with E-state index >= 15 is 0 Å². The summed E-state index contributed by atoms with van der Waals surface area (Å²) in [5.74, 6) is 0.816. The molecule has 13 nitrogen and oxygen atoms in total. The van der Waals surface area contributed by atoms with Gasteiger partial charge in [-0.3, -0.25) is 22.7 Å². The number of phosphoric ester groups is 1. The zero-order chi connectivity index (χ0) is 33.7. The number of nitrogens with zero attached hydrogens (tertiary/aromatic N) is 4. The topological polar surface area (TPSA) is 146 Å². The molecule has 1 heterocycles. The van der Waals surface area contributed by atoms with Gasteiger partial charge in [0.2, 0.25) is 13.1 Å². The largest absolute Gasteiger partial charge is 0.475 e. The molecule has 3 unspecified atom stereocenters. The quantitative estimate of drug-likeness (QED) is 0.0863. The molecule has 260 valence electrons. The number of ether oxygens (including phenoxy) is 1. The second-order valence-corrected chi connectivity index (χ2v) is 16.6. The molecule has 15 heteroatoms. The standard InChI is InChI=1S/C31H52N4O9P2/c1-6-19-41-46(38,42-20-7-16-32)44-29-10-14-31(15-11-29)24-27(26(2)3)23-30(35(31)36)12-8-28(9-13-30)43-45(37,40-22-18-34-5)25-39-21-17-33-4/h26-29,36H,6-15,17-25H2,1-3H3. The summed E-state index contributed by atoms with van der Waals surface area (Å²) in [5, 5.41) is 22.5. The van der Waals surface area contributed by atoms with Crippen LogP contribution in [-0.2, 0) is 36.5 Å². The van der Waals surface area contributed by atoms with Crippen molar-refractivity contribution in [2.45, 2.75) is 121 Å². The molecule has 3 atom stereocenters. The van der Waals surface area contributed by atoms with Crippen LogP contribution in [0.3, 0.4) is 0 Å². The van der Waals surface area contributed by atoms with Gasteiger partial charge in [-0.05, 0) is 82.5 Å². The average molecular weight is 687 g/mol. The third-order valence-corrected chi connectivity index (χ3v) is 12.7. The van der Waals surface area contributed by atoms with Crippen LogP contribution < -0.4 is 0 Å². The van der Waals surface area contributed by atoms with Crippen molar-refractivity contribution in [2.75, 3.05) is 45.9 Å². The summed E-state index contributed by atoms with van der Waals surface area (Å²) in [6.45, 7) is 20.8. The van der Waals surface area contributed by atoms with E-state index in [0.29, 0.717) is 69.6 Å². The fourth-order valence-electron chi connectivity index (χ4n) is 7.02. The molecule has 0 aromatic rings. The second-order valence-electron chi connectivity index (χ2n) is 13.0. The highest BCUT2D eigenvalue weighted by Crippen LogP contribution is 2.58. The Labute approximate surface area is 274 Å². The highest BCUT2D eigenvalue weighted by Gasteiger charge is 2.57. The molecule has 46 heavy (non-hydrogen) atoms. The van der Waals surface area contributed by atoms with Crippen molar-refractivity contribution in [1.82, 2.24) is 5.06 Å². The van der Waals surface area contributed by atoms with E-state index in [2.05, 4.69) is 23.5 Å². The number of hydrogen-bond donors (Lipinski definition) is 1. The van der Waals surface area contributed by atoms with E-state index in [-0.39, 0.29) is 64.5 Å². The lowest BCUT2D eigenvalue weighted by molar-refractivity contribution is -0.293. The molecule has 2 spiro atoms. The van der Waals surface area contributed by atoms with Gasteiger partial charge in [0.05, 0.1) is 37.9 Å². The molecule has 3 rings (SSSR count). The van der Waals surface area contributed by atoms with Crippen LogP contribution in [0.25, 0.3) is 9.69 Å². The Morgan fingerprint density at radius 3 is 1.96 bits per heavy atom. The van der Waals surface area contributed by atoms with Crippen molar-refractivity contribution < 1.29 is 41.7 Å². The zero-order valence-corrected chi connectivity index (χ0v) is 29.4. The van der Waals surface area contributed by atoms with Crippen LogP contribution in [0.5, 0.6) is 0 Å². The lowest BCUT2D eigenvalue weighted by Gasteiger charge is -2.61. The third kappa shape index (κ3) is 10.8. The Balaban J connectivity index is 1.68. The fourth-order valence-corrected chi connectivity index (χ4v) is 10.1. The van der Waals surface area contributed by atoms with Crippen molar-refractivity contribution in [2.24, 2.45) is 11.8 Å². The second kappa shape index (κ2) is 18.4. The maximum atomic E-state index is 13.5. The molecule has 1 saturated heterocycles. The Morgan fingerprint density at radius 2 is 1.43 bits per heavy atom. The first-order valence-electron chi connectivity index (χ1n) is 16.6. The van der Waals surface area contributed by atoms with Gasteiger partial charge in [0.15, 0.2) is 0 Å². The van der Waals surface area contributed by atoms with Crippen LogP contribution in [0.2, 0.25) is 0 Å². The molecule has 3 fully saturated rings. The zero-order valence-electron chi connectivity index (χ0n) is 27.6. The van der Waals surface area contributed by atoms with Crippen LogP contribution in [0.15, 0.2) is 0 Å². The first-order valence-corrected chi connectivity index (χ1v) is 19.8. The first-order chi connectivity index (χ1) is 22.0. The predicted octanol–water partition coefficient (Wildman–Crippen LogP) is 7.63. The maximum absolute atomic E-state index is 13.5. The summed E-state index contributed by atoms with van der Waals surface area (Å²) in [6, 6.07) is 1.98. The maximum Gasteiger partial charge on any atom is 0.475 e. The molecule has 3 aliphatic rings. The summed E-state index contributed by atoms with van der Waals surface area (Å²) in [4.78, 5) is 6.51. The van der Waals surface area contributed by atoms with E-state index in [1.807, 2.05) is 13.0 Å². The van der Waals surface area contributed by atoms with Gasteiger partial charge in [0.25, 0.3) is 0 Å². The van der Waals surface area contributed by atoms with Crippen molar-refractivity contribution in [3.8, 4) is 6.07 Å². The van der Waals surface area contributed by atoms with Crippen molar-refractivity contribution in [3.63, 3.8) is 0 Å². The van der Waals surface area contributed by atoms with Gasteiger partial charge in [-0.25, -0.2) is 17.7 Å². The number of hydroxylamine groups is 2. The summed E-state index contributed by atoms with van der Waals surface area (Å²) in [7, 11) is -7.46. The van der Waals surface area contributed by atoms with E-state index in [4.69, 9.17) is 45.8 Å². The minimum Gasteiger partial charge on any atom is -0.361 e. The molecular formula is C31H52N4O9P2. The van der Waals surface area contributed by atoms with E-state index < -0.39 is 26.5 Å². The first kappa shape index (κ1) is 39.1. The van der Waals surface area contributed by atoms with E-state index in [9.17, 15) is 14.3 Å². The summed E-state index contributed by atoms with van der Waals surface area (Å²) in [6.07, 6.45) is 6.46. The van der Waals surface area contributed by atoms with Gasteiger partial charge in [-0.1, -0.05) is 20.8 Å². The third-order valence-electron chi connectivity index (χ3n) is 9.44. The molecular weight excluding hydrogens is 634 g/mol. The number of rotatable bonds is 18. The van der Waals surface area contributed by atoms with Crippen LogP contribution in [-0.4, -0.2) is 79.4 Å². The molecule has 0 amide bonds. The fraction of sp³-hybridized carbons (Fsp3) is 0.903. The highest BCUT2D eigenvalue weighted by molar-refractivity contribution is 7.53. The predicted molar refractivity (Wildman–Crippen MR) is 171 cm³/mol. The molecule has 1 aliphatic heterocycles. The van der Waals surface area contributed by atoms with Crippen molar-refractivity contribution in [3.05, 3.63) is 22.8 Å². The summed E-state index contributed by atoms with van der Waals surface area (Å²) in [5.41, 5.74) is -0.909. The molecule has 0 bridgehead atoms. The Kier molecular flexibility index (Phi) is 15.6. The number of nitriles is 1.